The van der Waals surface area contributed by atoms with E-state index >= 15 is 0 Å². The van der Waals surface area contributed by atoms with Gasteiger partial charge in [-0.2, -0.15) is 13.2 Å². The van der Waals surface area contributed by atoms with Crippen LogP contribution >= 0.6 is 0 Å². The zero-order valence-corrected chi connectivity index (χ0v) is 16.2. The van der Waals surface area contributed by atoms with Crippen LogP contribution in [0.25, 0.3) is 0 Å². The van der Waals surface area contributed by atoms with Crippen molar-refractivity contribution in [3.63, 3.8) is 0 Å². The molecule has 0 N–H and O–H groups in total. The first-order chi connectivity index (χ1) is 11.6. The largest absolute Gasteiger partial charge is 0.573 e. The van der Waals surface area contributed by atoms with Gasteiger partial charge in [-0.1, -0.05) is 0 Å². The minimum atomic E-state index is -5.94. The normalized spacial score (nSPS) is 13.6. The van der Waals surface area contributed by atoms with Gasteiger partial charge in [0.05, 0.1) is 33.1 Å². The quantitative estimate of drug-likeness (QED) is 0.525. The summed E-state index contributed by atoms with van der Waals surface area (Å²) >= 11 is 0. The standard InChI is InChI=1S/C9H6F6O5S2.C4H12N/c10-8(11,12)20-6-1-3-7(4-2-6)21(16,17)5-22(18,19)9(13,14)15;1-5(2,3)4/h1-4H,5H2;1-4H3/q;+1. The van der Waals surface area contributed by atoms with Crippen LogP contribution in [0.5, 0.6) is 5.75 Å². The van der Waals surface area contributed by atoms with Gasteiger partial charge in [-0.15, -0.1) is 13.2 Å². The minimum Gasteiger partial charge on any atom is -0.406 e. The van der Waals surface area contributed by atoms with E-state index in [4.69, 9.17) is 0 Å². The molecule has 6 nitrogen and oxygen atoms in total. The number of alkyl halides is 6. The Morgan fingerprint density at radius 2 is 1.22 bits per heavy atom. The zero-order chi connectivity index (χ0) is 21.9. The van der Waals surface area contributed by atoms with E-state index in [0.29, 0.717) is 24.3 Å². The molecule has 158 valence electrons. The second-order valence-corrected chi connectivity index (χ2v) is 10.8. The van der Waals surface area contributed by atoms with Gasteiger partial charge in [0.25, 0.3) is 9.84 Å². The molecule has 0 atom stereocenters. The van der Waals surface area contributed by atoms with Gasteiger partial charge in [0.15, 0.2) is 14.9 Å². The van der Waals surface area contributed by atoms with Crippen LogP contribution in [0.15, 0.2) is 29.2 Å². The Hall–Kier alpha value is -1.54. The van der Waals surface area contributed by atoms with E-state index in [-0.39, 0.29) is 0 Å². The van der Waals surface area contributed by atoms with Crippen LogP contribution in [0.1, 0.15) is 0 Å². The summed E-state index contributed by atoms with van der Waals surface area (Å²) < 4.78 is 121. The molecule has 1 rings (SSSR count). The summed E-state index contributed by atoms with van der Waals surface area (Å²) in [6.45, 7) is 0. The SMILES string of the molecule is C[N+](C)(C)C.O=S(=O)(CS(=O)(=O)C(F)(F)F)c1ccc(OC(F)(F)F)cc1. The Morgan fingerprint density at radius 1 is 0.852 bits per heavy atom. The molecule has 0 unspecified atom stereocenters. The lowest BCUT2D eigenvalue weighted by Gasteiger charge is -2.14. The minimum absolute atomic E-state index is 0.502. The maximum absolute atomic E-state index is 12.1. The van der Waals surface area contributed by atoms with Gasteiger partial charge in [-0.3, -0.25) is 0 Å². The van der Waals surface area contributed by atoms with Crippen LogP contribution in [-0.2, 0) is 19.7 Å². The zero-order valence-electron chi connectivity index (χ0n) is 14.6. The number of halogens is 6. The number of sulfone groups is 2. The van der Waals surface area contributed by atoms with Crippen molar-refractivity contribution in [2.24, 2.45) is 0 Å². The third-order valence-electron chi connectivity index (χ3n) is 2.08. The molecule has 0 spiro atoms. The molecule has 0 saturated heterocycles. The van der Waals surface area contributed by atoms with E-state index in [1.807, 2.05) is 0 Å². The van der Waals surface area contributed by atoms with E-state index < -0.39 is 47.3 Å². The van der Waals surface area contributed by atoms with Gasteiger partial charge >= 0.3 is 11.9 Å². The van der Waals surface area contributed by atoms with Crippen LogP contribution in [0.2, 0.25) is 0 Å². The second-order valence-electron chi connectivity index (χ2n) is 6.50. The Morgan fingerprint density at radius 3 is 1.52 bits per heavy atom. The van der Waals surface area contributed by atoms with Gasteiger partial charge in [0, 0.05) is 0 Å². The molecule has 0 bridgehead atoms. The highest BCUT2D eigenvalue weighted by atomic mass is 32.3. The molecule has 27 heavy (non-hydrogen) atoms. The molecule has 0 amide bonds. The maximum atomic E-state index is 12.1. The molecule has 0 fully saturated rings. The van der Waals surface area contributed by atoms with Crippen molar-refractivity contribution in [1.29, 1.82) is 0 Å². The molecule has 1 aromatic rings. The fraction of sp³-hybridized carbons (Fsp3) is 0.538. The molecule has 1 aromatic carbocycles. The van der Waals surface area contributed by atoms with Crippen LogP contribution in [0, 0.1) is 0 Å². The first kappa shape index (κ1) is 25.5. The summed E-state index contributed by atoms with van der Waals surface area (Å²) in [5.41, 5.74) is -5.76. The molecule has 0 aliphatic heterocycles. The maximum Gasteiger partial charge on any atom is 0.573 e. The molecule has 0 aliphatic rings. The first-order valence-electron chi connectivity index (χ1n) is 6.80. The highest BCUT2D eigenvalue weighted by molar-refractivity contribution is 8.08. The van der Waals surface area contributed by atoms with E-state index in [2.05, 4.69) is 32.9 Å². The summed E-state index contributed by atoms with van der Waals surface area (Å²) in [5.74, 6) is -0.815. The summed E-state index contributed by atoms with van der Waals surface area (Å²) in [7, 11) is -2.35. The predicted molar refractivity (Wildman–Crippen MR) is 84.1 cm³/mol. The van der Waals surface area contributed by atoms with Crippen LogP contribution in [0.4, 0.5) is 26.3 Å². The van der Waals surface area contributed by atoms with E-state index in [1.165, 1.54) is 0 Å². The van der Waals surface area contributed by atoms with Gasteiger partial charge in [-0.05, 0) is 24.3 Å². The number of ether oxygens (including phenoxy) is 1. The topological polar surface area (TPSA) is 77.5 Å². The third-order valence-corrected chi connectivity index (χ3v) is 6.26. The van der Waals surface area contributed by atoms with Crippen LogP contribution in [0.3, 0.4) is 0 Å². The van der Waals surface area contributed by atoms with Crippen molar-refractivity contribution in [3.8, 4) is 5.75 Å². The Balaban J connectivity index is 0.00000119. The smallest absolute Gasteiger partial charge is 0.406 e. The third kappa shape index (κ3) is 10.4. The lowest BCUT2D eigenvalue weighted by Crippen LogP contribution is -2.30. The average Bonchev–Trinajstić information content (AvgIpc) is 2.32. The van der Waals surface area contributed by atoms with Crippen molar-refractivity contribution in [1.82, 2.24) is 0 Å². The van der Waals surface area contributed by atoms with Crippen LogP contribution < -0.4 is 4.74 Å². The van der Waals surface area contributed by atoms with Gasteiger partial charge in [-0.25, -0.2) is 16.8 Å². The number of nitrogens with zero attached hydrogens (tertiary/aromatic N) is 1. The monoisotopic (exact) mass is 446 g/mol. The highest BCUT2D eigenvalue weighted by Crippen LogP contribution is 2.28. The van der Waals surface area contributed by atoms with E-state index in [0.717, 1.165) is 4.48 Å². The fourth-order valence-electron chi connectivity index (χ4n) is 1.19. The van der Waals surface area contributed by atoms with Crippen molar-refractivity contribution >= 4 is 19.7 Å². The molecular weight excluding hydrogens is 428 g/mol. The van der Waals surface area contributed by atoms with Gasteiger partial charge in [0.1, 0.15) is 5.75 Å². The number of benzene rings is 1. The summed E-state index contributed by atoms with van der Waals surface area (Å²) in [5, 5.41) is -2.25. The lowest BCUT2D eigenvalue weighted by atomic mass is 10.3. The Bertz CT molecular complexity index is 816. The van der Waals surface area contributed by atoms with Gasteiger partial charge in [0.2, 0.25) is 0 Å². The number of hydrogen-bond acceptors (Lipinski definition) is 5. The molecule has 0 aromatic heterocycles. The lowest BCUT2D eigenvalue weighted by molar-refractivity contribution is -0.849. The Labute approximate surface area is 152 Å². The van der Waals surface area contributed by atoms with Crippen molar-refractivity contribution in [2.75, 3.05) is 33.3 Å². The summed E-state index contributed by atoms with van der Waals surface area (Å²) in [6.07, 6.45) is -5.04. The summed E-state index contributed by atoms with van der Waals surface area (Å²) in [4.78, 5) is -0.894. The fourth-order valence-corrected chi connectivity index (χ4v) is 4.45. The molecule has 0 radical (unpaired) electrons. The first-order valence-corrected chi connectivity index (χ1v) is 10.1. The van der Waals surface area contributed by atoms with E-state index in [1.54, 1.807) is 0 Å². The van der Waals surface area contributed by atoms with Crippen molar-refractivity contribution < 1.29 is 52.4 Å². The second kappa shape index (κ2) is 8.22. The van der Waals surface area contributed by atoms with Crippen molar-refractivity contribution in [2.45, 2.75) is 16.8 Å². The summed E-state index contributed by atoms with van der Waals surface area (Å²) in [6, 6.07) is 2.06. The molecular formula is C13H18F6NO5S2+. The Kier molecular flexibility index (Phi) is 7.75. The number of quaternary nitrogens is 1. The van der Waals surface area contributed by atoms with Crippen LogP contribution in [-0.4, -0.2) is 66.5 Å². The predicted octanol–water partition coefficient (Wildman–Crippen LogP) is 2.57. The number of hydrogen-bond donors (Lipinski definition) is 0. The molecule has 0 heterocycles. The average molecular weight is 446 g/mol. The number of rotatable bonds is 4. The molecule has 0 saturated carbocycles. The van der Waals surface area contributed by atoms with E-state index in [9.17, 15) is 43.2 Å². The van der Waals surface area contributed by atoms with Crippen molar-refractivity contribution in [3.05, 3.63) is 24.3 Å². The highest BCUT2D eigenvalue weighted by Gasteiger charge is 2.48. The van der Waals surface area contributed by atoms with Gasteiger partial charge < -0.3 is 9.22 Å². The molecule has 14 heteroatoms. The molecule has 0 aliphatic carbocycles.